The quantitative estimate of drug-likeness (QED) is 0.792. The highest BCUT2D eigenvalue weighted by Crippen LogP contribution is 2.35. The highest BCUT2D eigenvalue weighted by Gasteiger charge is 2.39. The summed E-state index contributed by atoms with van der Waals surface area (Å²) >= 11 is 0. The Bertz CT molecular complexity index is 551. The molecule has 6 heteroatoms. The summed E-state index contributed by atoms with van der Waals surface area (Å²) in [7, 11) is 0.506. The van der Waals surface area contributed by atoms with Crippen LogP contribution in [0.2, 0.25) is 0 Å². The van der Waals surface area contributed by atoms with Gasteiger partial charge in [-0.15, -0.1) is 0 Å². The Balaban J connectivity index is 2.10. The van der Waals surface area contributed by atoms with Crippen molar-refractivity contribution in [2.45, 2.75) is 29.7 Å². The van der Waals surface area contributed by atoms with Crippen molar-refractivity contribution in [2.75, 3.05) is 26.4 Å². The summed E-state index contributed by atoms with van der Waals surface area (Å²) in [5.41, 5.74) is 6.04. The van der Waals surface area contributed by atoms with Crippen molar-refractivity contribution in [2.24, 2.45) is 0 Å². The van der Waals surface area contributed by atoms with Gasteiger partial charge in [0.1, 0.15) is 0 Å². The Hall–Kier alpha value is -1.11. The number of nitrogen functional groups attached to an aromatic ring is 1. The van der Waals surface area contributed by atoms with E-state index in [0.717, 1.165) is 19.3 Å². The third-order valence-electron chi connectivity index (χ3n) is 3.99. The molecule has 0 radical (unpaired) electrons. The van der Waals surface area contributed by atoms with Crippen LogP contribution in [-0.2, 0) is 10.0 Å². The van der Waals surface area contributed by atoms with Gasteiger partial charge in [-0.1, -0.05) is 6.07 Å². The van der Waals surface area contributed by atoms with Crippen LogP contribution in [0, 0.1) is 0 Å². The van der Waals surface area contributed by atoms with Gasteiger partial charge >= 0.3 is 0 Å². The van der Waals surface area contributed by atoms with E-state index >= 15 is 0 Å². The minimum Gasteiger partial charge on any atom is -0.399 e. The first-order chi connectivity index (χ1) is 8.86. The molecule has 0 aliphatic heterocycles. The van der Waals surface area contributed by atoms with Gasteiger partial charge in [-0.25, -0.2) is 13.1 Å². The van der Waals surface area contributed by atoms with E-state index in [1.54, 1.807) is 18.2 Å². The Labute approximate surface area is 114 Å². The maximum absolute atomic E-state index is 12.2. The number of nitrogens with zero attached hydrogens (tertiary/aromatic N) is 1. The van der Waals surface area contributed by atoms with Crippen molar-refractivity contribution in [3.8, 4) is 0 Å². The number of sulfonamides is 1. The molecular weight excluding hydrogens is 262 g/mol. The monoisotopic (exact) mass is 283 g/mol. The number of hydrogen-bond donors (Lipinski definition) is 2. The van der Waals surface area contributed by atoms with Crippen LogP contribution in [0.1, 0.15) is 19.3 Å². The van der Waals surface area contributed by atoms with Gasteiger partial charge in [0, 0.05) is 17.8 Å². The Kier molecular flexibility index (Phi) is 3.85. The highest BCUT2D eigenvalue weighted by atomic mass is 32.2. The number of rotatable bonds is 5. The average molecular weight is 283 g/mol. The molecule has 0 bridgehead atoms. The molecule has 2 rings (SSSR count). The molecule has 0 heterocycles. The summed E-state index contributed by atoms with van der Waals surface area (Å²) in [6, 6.07) is 6.36. The van der Waals surface area contributed by atoms with E-state index in [9.17, 15) is 8.42 Å². The zero-order valence-electron chi connectivity index (χ0n) is 11.4. The standard InChI is InChI=1S/C13H21N3O2S/c1-16(2)13(7-4-8-13)10-15-19(17,18)12-6-3-5-11(14)9-12/h3,5-6,9,15H,4,7-8,10,14H2,1-2H3. The molecule has 0 amide bonds. The van der Waals surface area contributed by atoms with Crippen LogP contribution in [0.5, 0.6) is 0 Å². The second kappa shape index (κ2) is 5.11. The van der Waals surface area contributed by atoms with Crippen LogP contribution in [0.25, 0.3) is 0 Å². The predicted octanol–water partition coefficient (Wildman–Crippen LogP) is 1.03. The molecule has 106 valence electrons. The molecule has 1 aromatic carbocycles. The number of benzene rings is 1. The Morgan fingerprint density at radius 2 is 2.05 bits per heavy atom. The van der Waals surface area contributed by atoms with E-state index in [1.165, 1.54) is 6.07 Å². The van der Waals surface area contributed by atoms with Crippen molar-refractivity contribution in [3.63, 3.8) is 0 Å². The summed E-state index contributed by atoms with van der Waals surface area (Å²) in [6.07, 6.45) is 3.21. The molecule has 0 saturated heterocycles. The molecule has 0 spiro atoms. The maximum Gasteiger partial charge on any atom is 0.240 e. The Morgan fingerprint density at radius 3 is 2.53 bits per heavy atom. The molecule has 1 aliphatic rings. The molecule has 1 saturated carbocycles. The molecule has 1 fully saturated rings. The third-order valence-corrected chi connectivity index (χ3v) is 5.39. The fraction of sp³-hybridized carbons (Fsp3) is 0.538. The van der Waals surface area contributed by atoms with Crippen LogP contribution in [0.3, 0.4) is 0 Å². The minimum absolute atomic E-state index is 0.0343. The summed E-state index contributed by atoms with van der Waals surface area (Å²) in [6.45, 7) is 0.442. The fourth-order valence-electron chi connectivity index (χ4n) is 2.36. The number of likely N-dealkylation sites (N-methyl/N-ethyl adjacent to an activating group) is 1. The van der Waals surface area contributed by atoms with E-state index in [4.69, 9.17) is 5.73 Å². The molecule has 0 atom stereocenters. The first-order valence-electron chi connectivity index (χ1n) is 6.38. The molecule has 3 N–H and O–H groups in total. The SMILES string of the molecule is CN(C)C1(CNS(=O)(=O)c2cccc(N)c2)CCC1. The number of nitrogens with two attached hydrogens (primary N) is 1. The van der Waals surface area contributed by atoms with Crippen LogP contribution >= 0.6 is 0 Å². The van der Waals surface area contributed by atoms with E-state index in [0.29, 0.717) is 12.2 Å². The molecule has 19 heavy (non-hydrogen) atoms. The summed E-state index contributed by atoms with van der Waals surface area (Å²) < 4.78 is 27.1. The lowest BCUT2D eigenvalue weighted by molar-refractivity contribution is 0.0657. The largest absolute Gasteiger partial charge is 0.399 e. The first-order valence-corrected chi connectivity index (χ1v) is 7.87. The van der Waals surface area contributed by atoms with Gasteiger partial charge in [0.2, 0.25) is 10.0 Å². The molecule has 5 nitrogen and oxygen atoms in total. The lowest BCUT2D eigenvalue weighted by Crippen LogP contribution is -2.57. The molecule has 0 aromatic heterocycles. The van der Waals surface area contributed by atoms with Gasteiger partial charge in [-0.3, -0.25) is 0 Å². The Morgan fingerprint density at radius 1 is 1.37 bits per heavy atom. The molecule has 0 unspecified atom stereocenters. The average Bonchev–Trinajstić information content (AvgIpc) is 2.27. The van der Waals surface area contributed by atoms with E-state index in [1.807, 2.05) is 14.1 Å². The van der Waals surface area contributed by atoms with Gasteiger partial charge in [-0.05, 0) is 51.6 Å². The highest BCUT2D eigenvalue weighted by molar-refractivity contribution is 7.89. The third kappa shape index (κ3) is 2.91. The fourth-order valence-corrected chi connectivity index (χ4v) is 3.54. The summed E-state index contributed by atoms with van der Waals surface area (Å²) in [4.78, 5) is 2.33. The van der Waals surface area contributed by atoms with Crippen molar-refractivity contribution in [1.82, 2.24) is 9.62 Å². The predicted molar refractivity (Wildman–Crippen MR) is 76.3 cm³/mol. The van der Waals surface area contributed by atoms with Crippen LogP contribution in [-0.4, -0.2) is 39.5 Å². The second-order valence-corrected chi connectivity index (χ2v) is 7.14. The number of hydrogen-bond acceptors (Lipinski definition) is 4. The lowest BCUT2D eigenvalue weighted by Gasteiger charge is -2.47. The van der Waals surface area contributed by atoms with Crippen LogP contribution in [0.4, 0.5) is 5.69 Å². The van der Waals surface area contributed by atoms with E-state index in [-0.39, 0.29) is 10.4 Å². The van der Waals surface area contributed by atoms with Crippen molar-refractivity contribution < 1.29 is 8.42 Å². The summed E-state index contributed by atoms with van der Waals surface area (Å²) in [5.74, 6) is 0. The maximum atomic E-state index is 12.2. The van der Waals surface area contributed by atoms with Gasteiger partial charge in [0.15, 0.2) is 0 Å². The topological polar surface area (TPSA) is 75.4 Å². The van der Waals surface area contributed by atoms with Crippen molar-refractivity contribution >= 4 is 15.7 Å². The van der Waals surface area contributed by atoms with Crippen molar-refractivity contribution in [1.29, 1.82) is 0 Å². The van der Waals surface area contributed by atoms with Gasteiger partial charge in [0.25, 0.3) is 0 Å². The van der Waals surface area contributed by atoms with Crippen molar-refractivity contribution in [3.05, 3.63) is 24.3 Å². The summed E-state index contributed by atoms with van der Waals surface area (Å²) in [5, 5.41) is 0. The smallest absolute Gasteiger partial charge is 0.240 e. The molecule has 1 aliphatic carbocycles. The zero-order chi connectivity index (χ0) is 14.1. The van der Waals surface area contributed by atoms with Gasteiger partial charge in [-0.2, -0.15) is 0 Å². The minimum atomic E-state index is -3.48. The molecular formula is C13H21N3O2S. The normalized spacial score (nSPS) is 18.3. The van der Waals surface area contributed by atoms with Gasteiger partial charge < -0.3 is 10.6 Å². The van der Waals surface area contributed by atoms with E-state index in [2.05, 4.69) is 9.62 Å². The van der Waals surface area contributed by atoms with E-state index < -0.39 is 10.0 Å². The van der Waals surface area contributed by atoms with Crippen LogP contribution < -0.4 is 10.5 Å². The van der Waals surface area contributed by atoms with Crippen LogP contribution in [0.15, 0.2) is 29.2 Å². The number of nitrogens with one attached hydrogen (secondary N) is 1. The molecule has 1 aromatic rings. The van der Waals surface area contributed by atoms with Gasteiger partial charge in [0.05, 0.1) is 4.90 Å². The first kappa shape index (κ1) is 14.3. The number of anilines is 1. The lowest BCUT2D eigenvalue weighted by atomic mass is 9.76. The second-order valence-electron chi connectivity index (χ2n) is 5.37. The zero-order valence-corrected chi connectivity index (χ0v) is 12.2.